The van der Waals surface area contributed by atoms with Crippen molar-refractivity contribution in [3.05, 3.63) is 65.5 Å². The van der Waals surface area contributed by atoms with Crippen molar-refractivity contribution in [2.24, 2.45) is 0 Å². The minimum atomic E-state index is -0.677. The number of thioether (sulfide) groups is 1. The number of benzene rings is 1. The van der Waals surface area contributed by atoms with Crippen molar-refractivity contribution < 1.29 is 14.6 Å². The Morgan fingerprint density at radius 1 is 1.12 bits per heavy atom. The van der Waals surface area contributed by atoms with Crippen molar-refractivity contribution in [3.63, 3.8) is 0 Å². The number of nitrogens with zero attached hydrogens (tertiary/aromatic N) is 4. The molecule has 2 aromatic heterocycles. The summed E-state index contributed by atoms with van der Waals surface area (Å²) in [4.78, 5) is 8.60. The molecule has 3 N–H and O–H groups in total. The van der Waals surface area contributed by atoms with Gasteiger partial charge in [-0.05, 0) is 29.8 Å². The van der Waals surface area contributed by atoms with Crippen LogP contribution in [0.2, 0.25) is 0 Å². The van der Waals surface area contributed by atoms with Crippen LogP contribution in [-0.4, -0.2) is 40.5 Å². The highest BCUT2D eigenvalue weighted by Gasteiger charge is 2.28. The monoisotopic (exact) mass is 445 g/mol. The largest absolute Gasteiger partial charge is 0.485 e. The number of hydrogen-bond donors (Lipinski definition) is 2. The van der Waals surface area contributed by atoms with Gasteiger partial charge in [0, 0.05) is 17.5 Å². The molecule has 0 bridgehead atoms. The zero-order valence-corrected chi connectivity index (χ0v) is 17.7. The van der Waals surface area contributed by atoms with E-state index in [1.165, 1.54) is 11.8 Å². The van der Waals surface area contributed by atoms with Crippen LogP contribution in [0, 0.1) is 22.7 Å². The highest BCUT2D eigenvalue weighted by molar-refractivity contribution is 7.98. The fourth-order valence-corrected chi connectivity index (χ4v) is 4.24. The van der Waals surface area contributed by atoms with Crippen LogP contribution in [0.3, 0.4) is 0 Å². The van der Waals surface area contributed by atoms with E-state index in [0.717, 1.165) is 5.69 Å². The average molecular weight is 446 g/mol. The number of aliphatic hydroxyl groups is 1. The average Bonchev–Trinajstić information content (AvgIpc) is 3.22. The maximum atomic E-state index is 9.91. The number of aromatic nitrogens is 2. The smallest absolute Gasteiger partial charge is 0.150 e. The van der Waals surface area contributed by atoms with Gasteiger partial charge in [0.05, 0.1) is 24.5 Å². The topological polar surface area (TPSA) is 138 Å². The molecule has 0 amide bonds. The summed E-state index contributed by atoms with van der Waals surface area (Å²) in [5, 5.41) is 29.9. The lowest BCUT2D eigenvalue weighted by Crippen LogP contribution is -2.29. The van der Waals surface area contributed by atoms with Crippen LogP contribution in [0.25, 0.3) is 11.1 Å². The van der Waals surface area contributed by atoms with E-state index in [-0.39, 0.29) is 23.6 Å². The predicted molar refractivity (Wildman–Crippen MR) is 119 cm³/mol. The maximum absolute atomic E-state index is 9.91. The van der Waals surface area contributed by atoms with Gasteiger partial charge in [-0.1, -0.05) is 30.0 Å². The molecule has 1 aromatic carbocycles. The number of pyridine rings is 2. The van der Waals surface area contributed by atoms with Gasteiger partial charge in [0.15, 0.2) is 0 Å². The van der Waals surface area contributed by atoms with Crippen LogP contribution in [0.15, 0.2) is 53.7 Å². The summed E-state index contributed by atoms with van der Waals surface area (Å²) in [6, 6.07) is 16.8. The summed E-state index contributed by atoms with van der Waals surface area (Å²) in [5.41, 5.74) is 8.42. The van der Waals surface area contributed by atoms with E-state index in [9.17, 15) is 15.6 Å². The third-order valence-electron chi connectivity index (χ3n) is 4.93. The fraction of sp³-hybridized carbons (Fsp3) is 0.217. The van der Waals surface area contributed by atoms with E-state index in [1.807, 2.05) is 18.2 Å². The Kier molecular flexibility index (Phi) is 6.52. The molecule has 4 rings (SSSR count). The second kappa shape index (κ2) is 9.67. The van der Waals surface area contributed by atoms with E-state index in [2.05, 4.69) is 22.1 Å². The Balaban J connectivity index is 1.67. The number of nitrogen functional groups attached to an aromatic ring is 1. The van der Waals surface area contributed by atoms with Crippen LogP contribution in [0.4, 0.5) is 5.82 Å². The molecular weight excluding hydrogens is 426 g/mol. The lowest BCUT2D eigenvalue weighted by molar-refractivity contribution is 0.0733. The summed E-state index contributed by atoms with van der Waals surface area (Å²) in [5.74, 6) is 1.12. The van der Waals surface area contributed by atoms with Gasteiger partial charge in [-0.2, -0.15) is 10.5 Å². The Morgan fingerprint density at radius 3 is 2.53 bits per heavy atom. The Bertz CT molecular complexity index is 1190. The number of hydrogen-bond acceptors (Lipinski definition) is 9. The molecule has 160 valence electrons. The zero-order chi connectivity index (χ0) is 22.5. The van der Waals surface area contributed by atoms with E-state index in [1.54, 1.807) is 30.5 Å². The van der Waals surface area contributed by atoms with Crippen molar-refractivity contribution in [2.45, 2.75) is 23.0 Å². The highest BCUT2D eigenvalue weighted by atomic mass is 32.2. The first-order valence-electron chi connectivity index (χ1n) is 9.80. The minimum Gasteiger partial charge on any atom is -0.485 e. The molecule has 0 radical (unpaired) electrons. The Labute approximate surface area is 189 Å². The first-order chi connectivity index (χ1) is 15.6. The van der Waals surface area contributed by atoms with Crippen molar-refractivity contribution >= 4 is 17.6 Å². The van der Waals surface area contributed by atoms with Gasteiger partial charge < -0.3 is 20.3 Å². The quantitative estimate of drug-likeness (QED) is 0.548. The Hall–Kier alpha value is -3.63. The standard InChI is InChI=1S/C23H19N5O3S/c24-9-17-21(14-4-6-16(7-5-14)31-20-12-30-11-19(20)29)18(10-25)23(28-22(17)26)32-13-15-3-1-2-8-27-15/h1-8,19-20,29H,11-13H2,(H2,26,28). The molecule has 1 fully saturated rings. The number of ether oxygens (including phenoxy) is 2. The van der Waals surface area contributed by atoms with Crippen molar-refractivity contribution in [2.75, 3.05) is 18.9 Å². The van der Waals surface area contributed by atoms with Crippen LogP contribution < -0.4 is 10.5 Å². The molecule has 2 atom stereocenters. The summed E-state index contributed by atoms with van der Waals surface area (Å²) in [6.07, 6.45) is 0.591. The zero-order valence-electron chi connectivity index (χ0n) is 16.9. The van der Waals surface area contributed by atoms with Crippen LogP contribution in [-0.2, 0) is 10.5 Å². The molecule has 1 aliphatic heterocycles. The first kappa shape index (κ1) is 21.6. The van der Waals surface area contributed by atoms with E-state index in [0.29, 0.717) is 34.3 Å². The number of nitriles is 2. The molecule has 0 saturated carbocycles. The summed E-state index contributed by atoms with van der Waals surface area (Å²) < 4.78 is 11.0. The number of rotatable bonds is 6. The normalized spacial score (nSPS) is 17.5. The van der Waals surface area contributed by atoms with E-state index in [4.69, 9.17) is 15.2 Å². The fourth-order valence-electron chi connectivity index (χ4n) is 3.33. The predicted octanol–water partition coefficient (Wildman–Crippen LogP) is 2.90. The molecule has 8 nitrogen and oxygen atoms in total. The lowest BCUT2D eigenvalue weighted by atomic mass is 9.97. The number of anilines is 1. The minimum absolute atomic E-state index is 0.0663. The van der Waals surface area contributed by atoms with Crippen LogP contribution in [0.5, 0.6) is 5.75 Å². The Morgan fingerprint density at radius 2 is 1.91 bits per heavy atom. The summed E-state index contributed by atoms with van der Waals surface area (Å²) in [6.45, 7) is 0.562. The molecule has 3 aromatic rings. The highest BCUT2D eigenvalue weighted by Crippen LogP contribution is 2.37. The lowest BCUT2D eigenvalue weighted by Gasteiger charge is -2.16. The number of aliphatic hydroxyl groups excluding tert-OH is 1. The van der Waals surface area contributed by atoms with E-state index < -0.39 is 12.2 Å². The second-order valence-corrected chi connectivity index (χ2v) is 8.01. The van der Waals surface area contributed by atoms with Gasteiger partial charge in [-0.15, -0.1) is 0 Å². The van der Waals surface area contributed by atoms with E-state index >= 15 is 0 Å². The van der Waals surface area contributed by atoms with Gasteiger partial charge in [0.2, 0.25) is 0 Å². The summed E-state index contributed by atoms with van der Waals surface area (Å²) in [7, 11) is 0. The molecule has 2 unspecified atom stereocenters. The van der Waals surface area contributed by atoms with Crippen molar-refractivity contribution in [1.82, 2.24) is 9.97 Å². The van der Waals surface area contributed by atoms with Gasteiger partial charge in [-0.3, -0.25) is 4.98 Å². The van der Waals surface area contributed by atoms with Crippen molar-refractivity contribution in [3.8, 4) is 29.0 Å². The third-order valence-corrected chi connectivity index (χ3v) is 5.94. The summed E-state index contributed by atoms with van der Waals surface area (Å²) >= 11 is 1.34. The molecule has 1 aliphatic rings. The van der Waals surface area contributed by atoms with Gasteiger partial charge in [0.1, 0.15) is 46.5 Å². The molecule has 1 saturated heterocycles. The second-order valence-electron chi connectivity index (χ2n) is 7.05. The molecule has 9 heteroatoms. The first-order valence-corrected chi connectivity index (χ1v) is 10.8. The molecule has 0 aliphatic carbocycles. The van der Waals surface area contributed by atoms with Gasteiger partial charge in [-0.25, -0.2) is 4.98 Å². The molecule has 0 spiro atoms. The molecule has 3 heterocycles. The molecule has 32 heavy (non-hydrogen) atoms. The van der Waals surface area contributed by atoms with Gasteiger partial charge >= 0.3 is 0 Å². The van der Waals surface area contributed by atoms with Crippen LogP contribution >= 0.6 is 11.8 Å². The molecular formula is C23H19N5O3S. The van der Waals surface area contributed by atoms with Crippen molar-refractivity contribution in [1.29, 1.82) is 10.5 Å². The van der Waals surface area contributed by atoms with Crippen LogP contribution in [0.1, 0.15) is 16.8 Å². The van der Waals surface area contributed by atoms with Gasteiger partial charge in [0.25, 0.3) is 0 Å². The maximum Gasteiger partial charge on any atom is 0.150 e. The third kappa shape index (κ3) is 4.51. The number of nitrogens with two attached hydrogens (primary N) is 1. The SMILES string of the molecule is N#Cc1c(N)nc(SCc2ccccn2)c(C#N)c1-c1ccc(OC2COCC2O)cc1.